The first-order valence-corrected chi connectivity index (χ1v) is 8.57. The number of carboxylic acid groups (broad SMARTS) is 1. The van der Waals surface area contributed by atoms with Crippen molar-refractivity contribution in [1.29, 1.82) is 0 Å². The molecule has 1 amide bonds. The number of nitrogens with zero attached hydrogens (tertiary/aromatic N) is 2. The molecule has 138 valence electrons. The SMILES string of the molecule is CC(=O)Nc1cccc(Nc2nc3cc(C(=O)O)ccc3c3cnccc23)c1. The Morgan fingerprint density at radius 3 is 2.57 bits per heavy atom. The molecule has 0 unspecified atom stereocenters. The summed E-state index contributed by atoms with van der Waals surface area (Å²) in [5.74, 6) is -0.585. The zero-order chi connectivity index (χ0) is 19.7. The van der Waals surface area contributed by atoms with Crippen molar-refractivity contribution in [3.05, 3.63) is 66.5 Å². The molecular formula is C21H16N4O3. The predicted molar refractivity (Wildman–Crippen MR) is 108 cm³/mol. The van der Waals surface area contributed by atoms with E-state index in [-0.39, 0.29) is 11.5 Å². The molecule has 4 rings (SSSR count). The third kappa shape index (κ3) is 3.33. The van der Waals surface area contributed by atoms with E-state index in [1.807, 2.05) is 18.2 Å². The number of pyridine rings is 2. The fourth-order valence-corrected chi connectivity index (χ4v) is 3.09. The molecule has 2 aromatic heterocycles. The van der Waals surface area contributed by atoms with Crippen molar-refractivity contribution in [2.45, 2.75) is 6.92 Å². The van der Waals surface area contributed by atoms with Crippen molar-refractivity contribution in [1.82, 2.24) is 9.97 Å². The molecule has 0 radical (unpaired) electrons. The van der Waals surface area contributed by atoms with E-state index in [1.54, 1.807) is 42.7 Å². The first-order chi connectivity index (χ1) is 13.5. The van der Waals surface area contributed by atoms with Gasteiger partial charge < -0.3 is 15.7 Å². The Labute approximate surface area is 160 Å². The number of anilines is 3. The Hall–Kier alpha value is -4.00. The molecule has 3 N–H and O–H groups in total. The van der Waals surface area contributed by atoms with E-state index in [1.165, 1.54) is 6.92 Å². The lowest BCUT2D eigenvalue weighted by atomic mass is 10.1. The monoisotopic (exact) mass is 372 g/mol. The highest BCUT2D eigenvalue weighted by Crippen LogP contribution is 2.31. The fourth-order valence-electron chi connectivity index (χ4n) is 3.09. The molecule has 0 aliphatic rings. The van der Waals surface area contributed by atoms with Crippen LogP contribution in [-0.4, -0.2) is 27.0 Å². The number of amides is 1. The minimum atomic E-state index is -1.01. The van der Waals surface area contributed by atoms with E-state index < -0.39 is 5.97 Å². The molecule has 0 bridgehead atoms. The van der Waals surface area contributed by atoms with E-state index in [4.69, 9.17) is 0 Å². The molecule has 0 aliphatic heterocycles. The molecule has 0 atom stereocenters. The van der Waals surface area contributed by atoms with Gasteiger partial charge in [0.25, 0.3) is 0 Å². The Kier molecular flexibility index (Phi) is 4.33. The summed E-state index contributed by atoms with van der Waals surface area (Å²) in [6.07, 6.45) is 3.42. The summed E-state index contributed by atoms with van der Waals surface area (Å²) in [7, 11) is 0. The molecule has 0 saturated carbocycles. The molecule has 7 nitrogen and oxygen atoms in total. The summed E-state index contributed by atoms with van der Waals surface area (Å²) in [5.41, 5.74) is 2.13. The van der Waals surface area contributed by atoms with Crippen LogP contribution >= 0.6 is 0 Å². The predicted octanol–water partition coefficient (Wildman–Crippen LogP) is 4.18. The summed E-state index contributed by atoms with van der Waals surface area (Å²) < 4.78 is 0. The number of carbonyl (C=O) groups is 2. The number of hydrogen-bond acceptors (Lipinski definition) is 5. The first-order valence-electron chi connectivity index (χ1n) is 8.57. The lowest BCUT2D eigenvalue weighted by Crippen LogP contribution is -2.06. The van der Waals surface area contributed by atoms with Crippen molar-refractivity contribution >= 4 is 50.7 Å². The lowest BCUT2D eigenvalue weighted by Gasteiger charge is -2.13. The second-order valence-corrected chi connectivity index (χ2v) is 6.31. The number of aromatic nitrogens is 2. The van der Waals surface area contributed by atoms with Crippen LogP contribution in [0.2, 0.25) is 0 Å². The van der Waals surface area contributed by atoms with Crippen LogP contribution in [0.3, 0.4) is 0 Å². The summed E-state index contributed by atoms with van der Waals surface area (Å²) in [6, 6.07) is 14.0. The number of carbonyl (C=O) groups excluding carboxylic acids is 1. The first kappa shape index (κ1) is 17.4. The summed E-state index contributed by atoms with van der Waals surface area (Å²) in [6.45, 7) is 1.45. The van der Waals surface area contributed by atoms with E-state index >= 15 is 0 Å². The van der Waals surface area contributed by atoms with Crippen LogP contribution < -0.4 is 10.6 Å². The van der Waals surface area contributed by atoms with Crippen LogP contribution in [0, 0.1) is 0 Å². The third-order valence-corrected chi connectivity index (χ3v) is 4.29. The van der Waals surface area contributed by atoms with Gasteiger partial charge in [-0.15, -0.1) is 0 Å². The van der Waals surface area contributed by atoms with Crippen LogP contribution in [0.5, 0.6) is 0 Å². The Balaban J connectivity index is 1.85. The maximum absolute atomic E-state index is 11.3. The molecule has 2 aromatic carbocycles. The molecule has 0 fully saturated rings. The van der Waals surface area contributed by atoms with Gasteiger partial charge in [-0.1, -0.05) is 12.1 Å². The van der Waals surface area contributed by atoms with Crippen molar-refractivity contribution in [2.75, 3.05) is 10.6 Å². The number of carboxylic acids is 1. The highest BCUT2D eigenvalue weighted by atomic mass is 16.4. The van der Waals surface area contributed by atoms with Gasteiger partial charge in [-0.3, -0.25) is 9.78 Å². The summed E-state index contributed by atoms with van der Waals surface area (Å²) >= 11 is 0. The van der Waals surface area contributed by atoms with E-state index in [0.29, 0.717) is 17.0 Å². The van der Waals surface area contributed by atoms with Crippen molar-refractivity contribution in [3.63, 3.8) is 0 Å². The zero-order valence-corrected chi connectivity index (χ0v) is 14.9. The average Bonchev–Trinajstić information content (AvgIpc) is 2.67. The maximum atomic E-state index is 11.3. The smallest absolute Gasteiger partial charge is 0.335 e. The second-order valence-electron chi connectivity index (χ2n) is 6.31. The van der Waals surface area contributed by atoms with Gasteiger partial charge in [0.05, 0.1) is 11.1 Å². The van der Waals surface area contributed by atoms with Crippen LogP contribution in [0.1, 0.15) is 17.3 Å². The van der Waals surface area contributed by atoms with Gasteiger partial charge in [-0.05, 0) is 36.4 Å². The Morgan fingerprint density at radius 2 is 1.79 bits per heavy atom. The number of benzene rings is 2. The number of hydrogen-bond donors (Lipinski definition) is 3. The number of aromatic carboxylic acids is 1. The Bertz CT molecular complexity index is 1240. The standard InChI is InChI=1S/C21H16N4O3/c1-12(26)23-14-3-2-4-15(10-14)24-20-17-7-8-22-11-18(17)16-6-5-13(21(27)28)9-19(16)25-20/h2-11H,1H3,(H,23,26)(H,24,25)(H,27,28). The molecule has 28 heavy (non-hydrogen) atoms. The van der Waals surface area contributed by atoms with Crippen molar-refractivity contribution in [2.24, 2.45) is 0 Å². The quantitative estimate of drug-likeness (QED) is 0.464. The maximum Gasteiger partial charge on any atom is 0.335 e. The van der Waals surface area contributed by atoms with Gasteiger partial charge in [0.2, 0.25) is 5.91 Å². The topological polar surface area (TPSA) is 104 Å². The van der Waals surface area contributed by atoms with Gasteiger partial charge >= 0.3 is 5.97 Å². The summed E-state index contributed by atoms with van der Waals surface area (Å²) in [5, 5.41) is 17.8. The largest absolute Gasteiger partial charge is 0.478 e. The second kappa shape index (κ2) is 6.96. The van der Waals surface area contributed by atoms with Crippen LogP contribution in [0.4, 0.5) is 17.2 Å². The van der Waals surface area contributed by atoms with Gasteiger partial charge in [0.15, 0.2) is 0 Å². The third-order valence-electron chi connectivity index (χ3n) is 4.29. The number of rotatable bonds is 4. The Morgan fingerprint density at radius 1 is 0.964 bits per heavy atom. The highest BCUT2D eigenvalue weighted by Gasteiger charge is 2.12. The summed E-state index contributed by atoms with van der Waals surface area (Å²) in [4.78, 5) is 31.5. The minimum Gasteiger partial charge on any atom is -0.478 e. The molecule has 7 heteroatoms. The molecule has 4 aromatic rings. The zero-order valence-electron chi connectivity index (χ0n) is 14.9. The van der Waals surface area contributed by atoms with Gasteiger partial charge in [0.1, 0.15) is 5.82 Å². The van der Waals surface area contributed by atoms with Crippen LogP contribution in [0.15, 0.2) is 60.9 Å². The van der Waals surface area contributed by atoms with Gasteiger partial charge in [0, 0.05) is 46.9 Å². The van der Waals surface area contributed by atoms with Crippen LogP contribution in [-0.2, 0) is 4.79 Å². The van der Waals surface area contributed by atoms with Crippen molar-refractivity contribution < 1.29 is 14.7 Å². The molecule has 0 aliphatic carbocycles. The van der Waals surface area contributed by atoms with E-state index in [9.17, 15) is 14.7 Å². The van der Waals surface area contributed by atoms with Gasteiger partial charge in [-0.25, -0.2) is 9.78 Å². The van der Waals surface area contributed by atoms with E-state index in [0.717, 1.165) is 21.8 Å². The van der Waals surface area contributed by atoms with E-state index in [2.05, 4.69) is 20.6 Å². The average molecular weight is 372 g/mol. The molecule has 0 spiro atoms. The normalized spacial score (nSPS) is 10.8. The lowest BCUT2D eigenvalue weighted by molar-refractivity contribution is -0.114. The molecular weight excluding hydrogens is 356 g/mol. The molecule has 2 heterocycles. The fraction of sp³-hybridized carbons (Fsp3) is 0.0476. The molecule has 0 saturated heterocycles. The number of fused-ring (bicyclic) bond motifs is 3. The minimum absolute atomic E-state index is 0.154. The number of nitrogens with one attached hydrogen (secondary N) is 2. The highest BCUT2D eigenvalue weighted by molar-refractivity contribution is 6.11. The van der Waals surface area contributed by atoms with Gasteiger partial charge in [-0.2, -0.15) is 0 Å². The van der Waals surface area contributed by atoms with Crippen LogP contribution in [0.25, 0.3) is 21.7 Å². The van der Waals surface area contributed by atoms with Crippen molar-refractivity contribution in [3.8, 4) is 0 Å².